The minimum atomic E-state index is -5.72. The number of amides is 1. The van der Waals surface area contributed by atoms with Crippen molar-refractivity contribution < 1.29 is 40.4 Å². The summed E-state index contributed by atoms with van der Waals surface area (Å²) in [6.45, 7) is 8.37. The average molecular weight is 534 g/mol. The fourth-order valence-corrected chi connectivity index (χ4v) is 5.51. The summed E-state index contributed by atoms with van der Waals surface area (Å²) in [4.78, 5) is 13.2. The number of hydrogen-bond donors (Lipinski definition) is 1. The molecule has 0 bridgehead atoms. The van der Waals surface area contributed by atoms with Gasteiger partial charge in [0.1, 0.15) is 18.1 Å². The number of alkyl halides is 3. The molecule has 11 heteroatoms. The lowest BCUT2D eigenvalue weighted by Crippen LogP contribution is -2.51. The largest absolute Gasteiger partial charge is 0.534 e. The van der Waals surface area contributed by atoms with Crippen LogP contribution in [0, 0.1) is 12.3 Å². The van der Waals surface area contributed by atoms with E-state index in [1.165, 1.54) is 4.90 Å². The van der Waals surface area contributed by atoms with Crippen LogP contribution >= 0.6 is 0 Å². The van der Waals surface area contributed by atoms with Crippen molar-refractivity contribution in [3.8, 4) is 5.75 Å². The number of ether oxygens (including phenoxy) is 1. The molecule has 1 aliphatic carbocycles. The molecule has 1 saturated heterocycles. The van der Waals surface area contributed by atoms with Gasteiger partial charge >= 0.3 is 21.7 Å². The van der Waals surface area contributed by atoms with Crippen molar-refractivity contribution in [2.24, 2.45) is 5.41 Å². The molecule has 36 heavy (non-hydrogen) atoms. The van der Waals surface area contributed by atoms with Crippen LogP contribution in [-0.4, -0.2) is 49.2 Å². The van der Waals surface area contributed by atoms with Gasteiger partial charge in [0.15, 0.2) is 0 Å². The predicted octanol–water partition coefficient (Wildman–Crippen LogP) is 6.34. The first-order valence-electron chi connectivity index (χ1n) is 12.0. The number of piperidine rings is 1. The number of allylic oxidation sites excluding steroid dienone is 1. The van der Waals surface area contributed by atoms with Gasteiger partial charge in [-0.3, -0.25) is 0 Å². The lowest BCUT2D eigenvalue weighted by molar-refractivity contribution is -0.0525. The molecule has 7 nitrogen and oxygen atoms in total. The molecule has 0 saturated carbocycles. The van der Waals surface area contributed by atoms with Crippen LogP contribution in [0.25, 0.3) is 0 Å². The number of carbonyl (C=O) groups is 1. The lowest BCUT2D eigenvalue weighted by atomic mass is 9.75. The van der Waals surface area contributed by atoms with E-state index in [-0.39, 0.29) is 36.2 Å². The molecule has 2 atom stereocenters. The summed E-state index contributed by atoms with van der Waals surface area (Å²) in [7, 11) is -5.72. The van der Waals surface area contributed by atoms with Crippen molar-refractivity contribution in [3.05, 3.63) is 40.7 Å². The highest BCUT2D eigenvalue weighted by molar-refractivity contribution is 7.87. The Balaban J connectivity index is 1.73. The second kappa shape index (κ2) is 10.5. The smallest absolute Gasteiger partial charge is 0.489 e. The molecule has 1 aromatic carbocycles. The first-order valence-corrected chi connectivity index (χ1v) is 13.5. The zero-order chi connectivity index (χ0) is 26.9. The maximum atomic E-state index is 12.8. The quantitative estimate of drug-likeness (QED) is 0.339. The summed E-state index contributed by atoms with van der Waals surface area (Å²) in [5, 5.41) is 9.60. The van der Waals surface area contributed by atoms with Crippen LogP contribution in [0.4, 0.5) is 18.0 Å². The molecular formula is C25H34F3NO6S. The summed E-state index contributed by atoms with van der Waals surface area (Å²) in [5.41, 5.74) is -3.37. The van der Waals surface area contributed by atoms with E-state index >= 15 is 0 Å². The highest BCUT2D eigenvalue weighted by Crippen LogP contribution is 2.40. The minimum Gasteiger partial charge on any atom is -0.489 e. The van der Waals surface area contributed by atoms with Crippen molar-refractivity contribution in [1.82, 2.24) is 4.90 Å². The summed E-state index contributed by atoms with van der Waals surface area (Å²) < 4.78 is 71.5. The first-order chi connectivity index (χ1) is 16.6. The van der Waals surface area contributed by atoms with Crippen LogP contribution in [-0.2, 0) is 14.3 Å². The standard InChI is InChI=1S/C25H34F3NO6S/c1-16-13-17(18-11-12-29(23(30)31)22(14-18)24(2,3)4)9-10-20(16)34-15-19-7-5-6-8-21(19)35-36(32,33)25(26,27)28/h9-10,13,18,22H,5-8,11-12,14-15H2,1-4H3,(H,30,31). The van der Waals surface area contributed by atoms with Gasteiger partial charge in [0.25, 0.3) is 0 Å². The molecule has 2 aliphatic rings. The van der Waals surface area contributed by atoms with E-state index in [9.17, 15) is 31.5 Å². The van der Waals surface area contributed by atoms with E-state index in [2.05, 4.69) is 4.18 Å². The first kappa shape index (κ1) is 28.1. The van der Waals surface area contributed by atoms with Crippen LogP contribution < -0.4 is 4.74 Å². The molecule has 1 fully saturated rings. The third-order valence-corrected chi connectivity index (χ3v) is 7.93. The fraction of sp³-hybridized carbons (Fsp3) is 0.640. The monoisotopic (exact) mass is 533 g/mol. The third kappa shape index (κ3) is 6.46. The number of halogens is 3. The average Bonchev–Trinajstić information content (AvgIpc) is 2.77. The van der Waals surface area contributed by atoms with Crippen LogP contribution in [0.3, 0.4) is 0 Å². The molecule has 1 heterocycles. The molecule has 2 unspecified atom stereocenters. The molecule has 3 rings (SSSR count). The van der Waals surface area contributed by atoms with E-state index in [0.717, 1.165) is 11.1 Å². The molecule has 1 aliphatic heterocycles. The van der Waals surface area contributed by atoms with E-state index in [1.807, 2.05) is 39.8 Å². The molecule has 0 radical (unpaired) electrons. The molecule has 0 spiro atoms. The number of hydrogen-bond acceptors (Lipinski definition) is 5. The Morgan fingerprint density at radius 3 is 2.42 bits per heavy atom. The Labute approximate surface area is 210 Å². The predicted molar refractivity (Wildman–Crippen MR) is 128 cm³/mol. The lowest BCUT2D eigenvalue weighted by Gasteiger charge is -2.44. The minimum absolute atomic E-state index is 0.0635. The third-order valence-electron chi connectivity index (χ3n) is 6.94. The van der Waals surface area contributed by atoms with Gasteiger partial charge in [0.2, 0.25) is 0 Å². The Bertz CT molecular complexity index is 1110. The zero-order valence-corrected chi connectivity index (χ0v) is 21.8. The number of benzene rings is 1. The van der Waals surface area contributed by atoms with Crippen LogP contribution in [0.15, 0.2) is 29.5 Å². The van der Waals surface area contributed by atoms with Crippen LogP contribution in [0.5, 0.6) is 5.75 Å². The summed E-state index contributed by atoms with van der Waals surface area (Å²) in [6.07, 6.45) is 2.26. The molecular weight excluding hydrogens is 499 g/mol. The summed E-state index contributed by atoms with van der Waals surface area (Å²) >= 11 is 0. The Kier molecular flexibility index (Phi) is 8.22. The van der Waals surface area contributed by atoms with Crippen molar-refractivity contribution in [2.75, 3.05) is 13.2 Å². The molecule has 1 N–H and O–H groups in total. The number of carboxylic acid groups (broad SMARTS) is 1. The van der Waals surface area contributed by atoms with E-state index in [4.69, 9.17) is 4.74 Å². The number of likely N-dealkylation sites (tertiary alicyclic amines) is 1. The highest BCUT2D eigenvalue weighted by Gasteiger charge is 2.49. The topological polar surface area (TPSA) is 93.1 Å². The Morgan fingerprint density at radius 2 is 1.83 bits per heavy atom. The molecule has 202 valence electrons. The molecule has 1 amide bonds. The zero-order valence-electron chi connectivity index (χ0n) is 21.0. The van der Waals surface area contributed by atoms with Crippen molar-refractivity contribution in [3.63, 3.8) is 0 Å². The summed E-state index contributed by atoms with van der Waals surface area (Å²) in [5.74, 6) is 0.544. The maximum Gasteiger partial charge on any atom is 0.534 e. The number of rotatable bonds is 6. The van der Waals surface area contributed by atoms with E-state index < -0.39 is 21.7 Å². The number of aryl methyl sites for hydroxylation is 1. The summed E-state index contributed by atoms with van der Waals surface area (Å²) in [6, 6.07) is 5.62. The molecule has 0 aromatic heterocycles. The number of nitrogens with zero attached hydrogens (tertiary/aromatic N) is 1. The van der Waals surface area contributed by atoms with Crippen LogP contribution in [0.1, 0.15) is 76.3 Å². The van der Waals surface area contributed by atoms with Crippen molar-refractivity contribution in [1.29, 1.82) is 0 Å². The van der Waals surface area contributed by atoms with Gasteiger partial charge < -0.3 is 18.9 Å². The second-order valence-corrected chi connectivity index (χ2v) is 12.1. The maximum absolute atomic E-state index is 12.8. The van der Waals surface area contributed by atoms with Gasteiger partial charge in [-0.25, -0.2) is 4.79 Å². The van der Waals surface area contributed by atoms with Gasteiger partial charge in [-0.15, -0.1) is 0 Å². The Morgan fingerprint density at radius 1 is 1.17 bits per heavy atom. The highest BCUT2D eigenvalue weighted by atomic mass is 32.2. The molecule has 1 aromatic rings. The van der Waals surface area contributed by atoms with Gasteiger partial charge in [-0.2, -0.15) is 21.6 Å². The SMILES string of the molecule is Cc1cc(C2CCN(C(=O)O)C(C(C)(C)C)C2)ccc1OCC1=C(OS(=O)(=O)C(F)(F)F)CCCC1. The normalized spacial score (nSPS) is 21.9. The fourth-order valence-electron chi connectivity index (χ4n) is 4.94. The second-order valence-electron chi connectivity index (χ2n) is 10.6. The van der Waals surface area contributed by atoms with Gasteiger partial charge in [0.05, 0.1) is 0 Å². The van der Waals surface area contributed by atoms with E-state index in [1.54, 1.807) is 6.07 Å². The van der Waals surface area contributed by atoms with Gasteiger partial charge in [0, 0.05) is 24.6 Å². The van der Waals surface area contributed by atoms with Crippen molar-refractivity contribution in [2.45, 2.75) is 83.7 Å². The van der Waals surface area contributed by atoms with Crippen LogP contribution in [0.2, 0.25) is 0 Å². The Hall–Kier alpha value is -2.43. The van der Waals surface area contributed by atoms with Gasteiger partial charge in [-0.1, -0.05) is 32.9 Å². The van der Waals surface area contributed by atoms with Gasteiger partial charge in [-0.05, 0) is 67.6 Å². The van der Waals surface area contributed by atoms with Crippen molar-refractivity contribution >= 4 is 16.2 Å². The van der Waals surface area contributed by atoms with E-state index in [0.29, 0.717) is 50.0 Å².